The lowest BCUT2D eigenvalue weighted by Crippen LogP contribution is -1.89. The standard InChI is InChI=1S/C7H7BrFN/c1-5-2-7(9)10-4-6(5)3-8/h2,4H,3H2,1H3. The maximum atomic E-state index is 12.4. The molecule has 0 fully saturated rings. The SMILES string of the molecule is Cc1cc(F)ncc1CBr. The maximum absolute atomic E-state index is 12.4. The summed E-state index contributed by atoms with van der Waals surface area (Å²) in [5.41, 5.74) is 1.96. The molecular formula is C7H7BrFN. The van der Waals surface area contributed by atoms with Crippen molar-refractivity contribution in [3.63, 3.8) is 0 Å². The quantitative estimate of drug-likeness (QED) is 0.505. The number of hydrogen-bond donors (Lipinski definition) is 0. The molecule has 10 heavy (non-hydrogen) atoms. The third-order valence-electron chi connectivity index (χ3n) is 1.33. The molecule has 1 heterocycles. The van der Waals surface area contributed by atoms with E-state index in [2.05, 4.69) is 20.9 Å². The molecule has 0 N–H and O–H groups in total. The zero-order valence-corrected chi connectivity index (χ0v) is 7.15. The van der Waals surface area contributed by atoms with Crippen molar-refractivity contribution >= 4 is 15.9 Å². The summed E-state index contributed by atoms with van der Waals surface area (Å²) in [6.45, 7) is 1.86. The second-order valence-corrected chi connectivity index (χ2v) is 2.63. The molecule has 0 unspecified atom stereocenters. The van der Waals surface area contributed by atoms with Gasteiger partial charge in [-0.2, -0.15) is 4.39 Å². The van der Waals surface area contributed by atoms with Gasteiger partial charge in [0, 0.05) is 11.5 Å². The van der Waals surface area contributed by atoms with Gasteiger partial charge in [-0.05, 0) is 24.1 Å². The number of halogens is 2. The number of rotatable bonds is 1. The van der Waals surface area contributed by atoms with E-state index in [-0.39, 0.29) is 0 Å². The van der Waals surface area contributed by atoms with Gasteiger partial charge in [-0.15, -0.1) is 0 Å². The van der Waals surface area contributed by atoms with Crippen LogP contribution in [-0.4, -0.2) is 4.98 Å². The van der Waals surface area contributed by atoms with Crippen LogP contribution in [0.25, 0.3) is 0 Å². The molecule has 0 radical (unpaired) electrons. The highest BCUT2D eigenvalue weighted by Gasteiger charge is 1.97. The van der Waals surface area contributed by atoms with E-state index in [4.69, 9.17) is 0 Å². The van der Waals surface area contributed by atoms with E-state index in [1.807, 2.05) is 6.92 Å². The van der Waals surface area contributed by atoms with Crippen molar-refractivity contribution in [1.29, 1.82) is 0 Å². The molecule has 0 saturated carbocycles. The second kappa shape index (κ2) is 3.10. The molecule has 0 amide bonds. The highest BCUT2D eigenvalue weighted by Crippen LogP contribution is 2.10. The van der Waals surface area contributed by atoms with E-state index in [0.717, 1.165) is 16.5 Å². The van der Waals surface area contributed by atoms with Gasteiger partial charge in [0.05, 0.1) is 0 Å². The summed E-state index contributed by atoms with van der Waals surface area (Å²) in [4.78, 5) is 3.51. The minimum Gasteiger partial charge on any atom is -0.228 e. The fourth-order valence-corrected chi connectivity index (χ4v) is 1.28. The lowest BCUT2D eigenvalue weighted by atomic mass is 10.2. The summed E-state index contributed by atoms with van der Waals surface area (Å²) >= 11 is 3.27. The Bertz CT molecular complexity index is 237. The summed E-state index contributed by atoms with van der Waals surface area (Å²) in [7, 11) is 0. The Labute approximate surface area is 67.4 Å². The number of hydrogen-bond acceptors (Lipinski definition) is 1. The summed E-state index contributed by atoms with van der Waals surface area (Å²) in [5, 5.41) is 0.728. The molecule has 0 aliphatic carbocycles. The van der Waals surface area contributed by atoms with Crippen molar-refractivity contribution in [3.8, 4) is 0 Å². The minimum atomic E-state index is -0.415. The molecule has 0 bridgehead atoms. The van der Waals surface area contributed by atoms with Crippen LogP contribution in [0.5, 0.6) is 0 Å². The Balaban J connectivity index is 3.07. The molecule has 0 aromatic carbocycles. The lowest BCUT2D eigenvalue weighted by molar-refractivity contribution is 0.581. The monoisotopic (exact) mass is 203 g/mol. The van der Waals surface area contributed by atoms with Gasteiger partial charge in [-0.3, -0.25) is 0 Å². The normalized spacial score (nSPS) is 9.90. The summed E-state index contributed by atoms with van der Waals surface area (Å²) in [5.74, 6) is -0.415. The molecular weight excluding hydrogens is 197 g/mol. The van der Waals surface area contributed by atoms with Crippen LogP contribution in [0.3, 0.4) is 0 Å². The van der Waals surface area contributed by atoms with Crippen LogP contribution in [0.15, 0.2) is 12.3 Å². The van der Waals surface area contributed by atoms with Crippen LogP contribution in [0, 0.1) is 12.9 Å². The molecule has 54 valence electrons. The molecule has 0 aliphatic heterocycles. The maximum Gasteiger partial charge on any atom is 0.213 e. The molecule has 1 aromatic heterocycles. The van der Waals surface area contributed by atoms with E-state index in [9.17, 15) is 4.39 Å². The van der Waals surface area contributed by atoms with Crippen LogP contribution in [-0.2, 0) is 5.33 Å². The Kier molecular flexibility index (Phi) is 2.38. The van der Waals surface area contributed by atoms with Crippen molar-refractivity contribution in [1.82, 2.24) is 4.98 Å². The molecule has 0 atom stereocenters. The Morgan fingerprint density at radius 1 is 1.70 bits per heavy atom. The largest absolute Gasteiger partial charge is 0.228 e. The molecule has 1 rings (SSSR count). The first-order valence-electron chi connectivity index (χ1n) is 2.91. The van der Waals surface area contributed by atoms with Gasteiger partial charge in [-0.25, -0.2) is 4.98 Å². The second-order valence-electron chi connectivity index (χ2n) is 2.07. The number of pyridine rings is 1. The average Bonchev–Trinajstić information content (AvgIpc) is 1.88. The zero-order valence-electron chi connectivity index (χ0n) is 5.56. The number of aryl methyl sites for hydroxylation is 1. The number of alkyl halides is 1. The first-order valence-corrected chi connectivity index (χ1v) is 4.03. The van der Waals surface area contributed by atoms with Gasteiger partial charge in [0.1, 0.15) is 0 Å². The van der Waals surface area contributed by atoms with Crippen LogP contribution >= 0.6 is 15.9 Å². The van der Waals surface area contributed by atoms with E-state index in [0.29, 0.717) is 0 Å². The summed E-state index contributed by atoms with van der Waals surface area (Å²) in [6, 6.07) is 1.43. The van der Waals surface area contributed by atoms with Crippen LogP contribution in [0.4, 0.5) is 4.39 Å². The molecule has 1 aromatic rings. The van der Waals surface area contributed by atoms with E-state index >= 15 is 0 Å². The number of aromatic nitrogens is 1. The first kappa shape index (κ1) is 7.66. The average molecular weight is 204 g/mol. The third kappa shape index (κ3) is 1.53. The fourth-order valence-electron chi connectivity index (χ4n) is 0.690. The van der Waals surface area contributed by atoms with Crippen molar-refractivity contribution in [3.05, 3.63) is 29.3 Å². The van der Waals surface area contributed by atoms with E-state index < -0.39 is 5.95 Å². The fraction of sp³-hybridized carbons (Fsp3) is 0.286. The molecule has 3 heteroatoms. The van der Waals surface area contributed by atoms with Gasteiger partial charge in [0.2, 0.25) is 5.95 Å². The first-order chi connectivity index (χ1) is 4.74. The van der Waals surface area contributed by atoms with Gasteiger partial charge in [0.15, 0.2) is 0 Å². The van der Waals surface area contributed by atoms with Crippen molar-refractivity contribution in [2.75, 3.05) is 0 Å². The Morgan fingerprint density at radius 2 is 2.40 bits per heavy atom. The van der Waals surface area contributed by atoms with Crippen molar-refractivity contribution < 1.29 is 4.39 Å². The number of nitrogens with zero attached hydrogens (tertiary/aromatic N) is 1. The molecule has 0 aliphatic rings. The Morgan fingerprint density at radius 3 is 2.90 bits per heavy atom. The predicted molar refractivity (Wildman–Crippen MR) is 41.6 cm³/mol. The van der Waals surface area contributed by atoms with Gasteiger partial charge in [-0.1, -0.05) is 15.9 Å². The van der Waals surface area contributed by atoms with E-state index in [1.54, 1.807) is 6.20 Å². The molecule has 0 saturated heterocycles. The van der Waals surface area contributed by atoms with Gasteiger partial charge in [0.25, 0.3) is 0 Å². The minimum absolute atomic E-state index is 0.415. The van der Waals surface area contributed by atoms with Gasteiger partial charge >= 0.3 is 0 Å². The highest BCUT2D eigenvalue weighted by molar-refractivity contribution is 9.08. The zero-order chi connectivity index (χ0) is 7.56. The van der Waals surface area contributed by atoms with Crippen LogP contribution in [0.1, 0.15) is 11.1 Å². The lowest BCUT2D eigenvalue weighted by Gasteiger charge is -1.98. The topological polar surface area (TPSA) is 12.9 Å². The third-order valence-corrected chi connectivity index (χ3v) is 1.93. The molecule has 0 spiro atoms. The Hall–Kier alpha value is -0.440. The predicted octanol–water partition coefficient (Wildman–Crippen LogP) is 2.42. The summed E-state index contributed by atoms with van der Waals surface area (Å²) < 4.78 is 12.4. The van der Waals surface area contributed by atoms with Crippen molar-refractivity contribution in [2.45, 2.75) is 12.3 Å². The van der Waals surface area contributed by atoms with Crippen LogP contribution < -0.4 is 0 Å². The van der Waals surface area contributed by atoms with Gasteiger partial charge < -0.3 is 0 Å². The van der Waals surface area contributed by atoms with Crippen LogP contribution in [0.2, 0.25) is 0 Å². The molecule has 1 nitrogen and oxygen atoms in total. The highest BCUT2D eigenvalue weighted by atomic mass is 79.9. The smallest absolute Gasteiger partial charge is 0.213 e. The van der Waals surface area contributed by atoms with E-state index in [1.165, 1.54) is 6.07 Å². The summed E-state index contributed by atoms with van der Waals surface area (Å²) in [6.07, 6.45) is 1.54. The van der Waals surface area contributed by atoms with Crippen molar-refractivity contribution in [2.24, 2.45) is 0 Å².